The molecular formula is C11H17N3S. The number of piperazine rings is 1. The van der Waals surface area contributed by atoms with E-state index in [0.717, 1.165) is 26.2 Å². The van der Waals surface area contributed by atoms with Crippen LogP contribution in [0.25, 0.3) is 0 Å². The molecule has 0 N–H and O–H groups in total. The van der Waals surface area contributed by atoms with Crippen LogP contribution >= 0.6 is 11.3 Å². The minimum Gasteiger partial charge on any atom is -0.303 e. The van der Waals surface area contributed by atoms with Crippen LogP contribution in [0, 0.1) is 6.92 Å². The number of hydrogen-bond donors (Lipinski definition) is 0. The maximum atomic E-state index is 4.49. The lowest BCUT2D eigenvalue weighted by Gasteiger charge is -2.30. The lowest BCUT2D eigenvalue weighted by atomic mass is 10.4. The van der Waals surface area contributed by atoms with Crippen LogP contribution in [0.2, 0.25) is 0 Å². The number of likely N-dealkylation sites (N-methyl/N-ethyl adjacent to an activating group) is 1. The number of nitrogens with zero attached hydrogens (tertiary/aromatic N) is 3. The highest BCUT2D eigenvalue weighted by atomic mass is 32.1. The van der Waals surface area contributed by atoms with Crippen molar-refractivity contribution < 1.29 is 0 Å². The van der Waals surface area contributed by atoms with Crippen molar-refractivity contribution in [2.75, 3.05) is 33.2 Å². The fraction of sp³-hybridized carbons (Fsp3) is 0.545. The number of hydrogen-bond acceptors (Lipinski definition) is 4. The Bertz CT molecular complexity index is 337. The summed E-state index contributed by atoms with van der Waals surface area (Å²) in [6.07, 6.45) is 1.98. The third kappa shape index (κ3) is 3.04. The van der Waals surface area contributed by atoms with Crippen molar-refractivity contribution in [3.63, 3.8) is 0 Å². The first-order valence-corrected chi connectivity index (χ1v) is 6.09. The van der Waals surface area contributed by atoms with Crippen LogP contribution in [-0.4, -0.2) is 49.4 Å². The fourth-order valence-electron chi connectivity index (χ4n) is 1.57. The zero-order valence-corrected chi connectivity index (χ0v) is 10.1. The number of hydrazone groups is 1. The Hall–Kier alpha value is -0.870. The van der Waals surface area contributed by atoms with Crippen molar-refractivity contribution in [3.8, 4) is 0 Å². The van der Waals surface area contributed by atoms with E-state index in [1.165, 1.54) is 9.75 Å². The Balaban J connectivity index is 1.89. The predicted octanol–water partition coefficient (Wildman–Crippen LogP) is 1.64. The van der Waals surface area contributed by atoms with Crippen molar-refractivity contribution in [1.29, 1.82) is 0 Å². The molecule has 0 saturated carbocycles. The highest BCUT2D eigenvalue weighted by molar-refractivity contribution is 7.13. The normalized spacial score (nSPS) is 18.9. The average Bonchev–Trinajstić information content (AvgIpc) is 2.64. The molecule has 4 heteroatoms. The van der Waals surface area contributed by atoms with E-state index in [-0.39, 0.29) is 0 Å². The largest absolute Gasteiger partial charge is 0.303 e. The number of thiophene rings is 1. The molecule has 0 atom stereocenters. The van der Waals surface area contributed by atoms with Gasteiger partial charge in [-0.25, -0.2) is 0 Å². The maximum absolute atomic E-state index is 4.49. The zero-order chi connectivity index (χ0) is 10.7. The molecule has 2 heterocycles. The summed E-state index contributed by atoms with van der Waals surface area (Å²) < 4.78 is 0. The molecule has 0 aliphatic carbocycles. The molecule has 82 valence electrons. The van der Waals surface area contributed by atoms with Crippen LogP contribution in [0.3, 0.4) is 0 Å². The zero-order valence-electron chi connectivity index (χ0n) is 9.31. The molecule has 1 fully saturated rings. The van der Waals surface area contributed by atoms with Gasteiger partial charge in [0.05, 0.1) is 6.21 Å². The highest BCUT2D eigenvalue weighted by Crippen LogP contribution is 2.12. The second-order valence-corrected chi connectivity index (χ2v) is 5.27. The van der Waals surface area contributed by atoms with Gasteiger partial charge in [-0.05, 0) is 26.1 Å². The lowest BCUT2D eigenvalue weighted by molar-refractivity contribution is 0.159. The van der Waals surface area contributed by atoms with E-state index >= 15 is 0 Å². The van der Waals surface area contributed by atoms with Crippen molar-refractivity contribution in [1.82, 2.24) is 9.91 Å². The van der Waals surface area contributed by atoms with E-state index in [1.807, 2.05) is 6.21 Å². The molecular weight excluding hydrogens is 206 g/mol. The Labute approximate surface area is 95.0 Å². The Kier molecular flexibility index (Phi) is 3.38. The SMILES string of the molecule is Cc1ccc(/C=N\N2CCN(C)CC2)s1. The summed E-state index contributed by atoms with van der Waals surface area (Å²) in [4.78, 5) is 4.92. The van der Waals surface area contributed by atoms with E-state index in [2.05, 4.69) is 41.1 Å². The predicted molar refractivity (Wildman–Crippen MR) is 65.7 cm³/mol. The molecule has 1 aliphatic heterocycles. The van der Waals surface area contributed by atoms with Gasteiger partial charge in [-0.1, -0.05) is 0 Å². The van der Waals surface area contributed by atoms with Crippen LogP contribution in [0.15, 0.2) is 17.2 Å². The van der Waals surface area contributed by atoms with Crippen LogP contribution in [0.4, 0.5) is 0 Å². The minimum absolute atomic E-state index is 1.04. The molecule has 0 bridgehead atoms. The summed E-state index contributed by atoms with van der Waals surface area (Å²) in [6, 6.07) is 4.26. The van der Waals surface area contributed by atoms with E-state index < -0.39 is 0 Å². The maximum Gasteiger partial charge on any atom is 0.0642 e. The second-order valence-electron chi connectivity index (χ2n) is 3.95. The van der Waals surface area contributed by atoms with Gasteiger partial charge in [0.25, 0.3) is 0 Å². The molecule has 0 radical (unpaired) electrons. The standard InChI is InChI=1S/C11H17N3S/c1-10-3-4-11(15-10)9-12-14-7-5-13(2)6-8-14/h3-4,9H,5-8H2,1-2H3/b12-9-. The molecule has 1 aromatic rings. The molecule has 0 aromatic carbocycles. The smallest absolute Gasteiger partial charge is 0.0642 e. The van der Waals surface area contributed by atoms with Gasteiger partial charge in [0, 0.05) is 35.9 Å². The quantitative estimate of drug-likeness (QED) is 0.710. The van der Waals surface area contributed by atoms with Crippen LogP contribution < -0.4 is 0 Å². The number of aryl methyl sites for hydroxylation is 1. The van der Waals surface area contributed by atoms with Gasteiger partial charge in [0.1, 0.15) is 0 Å². The monoisotopic (exact) mass is 223 g/mol. The van der Waals surface area contributed by atoms with Gasteiger partial charge in [0.2, 0.25) is 0 Å². The summed E-state index contributed by atoms with van der Waals surface area (Å²) >= 11 is 1.79. The molecule has 3 nitrogen and oxygen atoms in total. The first-order chi connectivity index (χ1) is 7.24. The molecule has 0 unspecified atom stereocenters. The summed E-state index contributed by atoms with van der Waals surface area (Å²) in [5, 5.41) is 6.64. The Morgan fingerprint density at radius 1 is 1.27 bits per heavy atom. The van der Waals surface area contributed by atoms with Gasteiger partial charge < -0.3 is 4.90 Å². The third-order valence-corrected chi connectivity index (χ3v) is 3.52. The van der Waals surface area contributed by atoms with Crippen molar-refractivity contribution in [2.45, 2.75) is 6.92 Å². The topological polar surface area (TPSA) is 18.8 Å². The van der Waals surface area contributed by atoms with Gasteiger partial charge in [-0.15, -0.1) is 11.3 Å². The Morgan fingerprint density at radius 3 is 2.60 bits per heavy atom. The van der Waals surface area contributed by atoms with Crippen LogP contribution in [0.5, 0.6) is 0 Å². The van der Waals surface area contributed by atoms with E-state index in [0.29, 0.717) is 0 Å². The number of rotatable bonds is 2. The molecule has 0 amide bonds. The van der Waals surface area contributed by atoms with E-state index in [4.69, 9.17) is 0 Å². The van der Waals surface area contributed by atoms with Crippen molar-refractivity contribution >= 4 is 17.6 Å². The molecule has 1 aromatic heterocycles. The summed E-state index contributed by atoms with van der Waals surface area (Å²) in [5.74, 6) is 0. The molecule has 0 spiro atoms. The molecule has 1 aliphatic rings. The van der Waals surface area contributed by atoms with Crippen LogP contribution in [0.1, 0.15) is 9.75 Å². The van der Waals surface area contributed by atoms with Crippen molar-refractivity contribution in [2.24, 2.45) is 5.10 Å². The molecule has 15 heavy (non-hydrogen) atoms. The van der Waals surface area contributed by atoms with Crippen molar-refractivity contribution in [3.05, 3.63) is 21.9 Å². The van der Waals surface area contributed by atoms with E-state index in [9.17, 15) is 0 Å². The molecule has 2 rings (SSSR count). The third-order valence-electron chi connectivity index (χ3n) is 2.59. The van der Waals surface area contributed by atoms with E-state index in [1.54, 1.807) is 11.3 Å². The van der Waals surface area contributed by atoms with Gasteiger partial charge in [0.15, 0.2) is 0 Å². The summed E-state index contributed by atoms with van der Waals surface area (Å²) in [6.45, 7) is 6.42. The first-order valence-electron chi connectivity index (χ1n) is 5.28. The highest BCUT2D eigenvalue weighted by Gasteiger charge is 2.10. The van der Waals surface area contributed by atoms with Gasteiger partial charge >= 0.3 is 0 Å². The van der Waals surface area contributed by atoms with Crippen LogP contribution in [-0.2, 0) is 0 Å². The fourth-order valence-corrected chi connectivity index (χ4v) is 2.32. The minimum atomic E-state index is 1.04. The lowest BCUT2D eigenvalue weighted by Crippen LogP contribution is -2.41. The van der Waals surface area contributed by atoms with Gasteiger partial charge in [-0.2, -0.15) is 5.10 Å². The average molecular weight is 223 g/mol. The summed E-state index contributed by atoms with van der Waals surface area (Å²) in [5.41, 5.74) is 0. The van der Waals surface area contributed by atoms with Gasteiger partial charge in [-0.3, -0.25) is 5.01 Å². The molecule has 1 saturated heterocycles. The summed E-state index contributed by atoms with van der Waals surface area (Å²) in [7, 11) is 2.16. The second kappa shape index (κ2) is 4.77. The first kappa shape index (κ1) is 10.6. The Morgan fingerprint density at radius 2 is 2.00 bits per heavy atom.